The maximum atomic E-state index is 4.82. The average molecular weight is 253 g/mol. The van der Waals surface area contributed by atoms with Gasteiger partial charge in [-0.2, -0.15) is 0 Å². The third-order valence-corrected chi connectivity index (χ3v) is 4.37. The summed E-state index contributed by atoms with van der Waals surface area (Å²) >= 11 is 0. The molecule has 3 nitrogen and oxygen atoms in total. The molecule has 0 saturated carbocycles. The molecule has 1 aromatic carbocycles. The first-order valence-corrected chi connectivity index (χ1v) is 7.32. The van der Waals surface area contributed by atoms with E-state index in [0.29, 0.717) is 6.04 Å². The van der Waals surface area contributed by atoms with E-state index in [1.165, 1.54) is 36.2 Å². The van der Waals surface area contributed by atoms with Crippen LogP contribution in [-0.4, -0.2) is 16.1 Å². The molecule has 3 heteroatoms. The summed E-state index contributed by atoms with van der Waals surface area (Å²) < 4.78 is 2.47. The van der Waals surface area contributed by atoms with Gasteiger partial charge in [0.2, 0.25) is 5.95 Å². The Bertz CT molecular complexity index is 586. The highest BCUT2D eigenvalue weighted by atomic mass is 15.3. The molecule has 1 aromatic heterocycles. The Morgan fingerprint density at radius 2 is 1.95 bits per heavy atom. The number of benzene rings is 1. The summed E-state index contributed by atoms with van der Waals surface area (Å²) in [6.45, 7) is 1.02. The second kappa shape index (κ2) is 4.41. The van der Waals surface area contributed by atoms with Gasteiger partial charge in [-0.15, -0.1) is 0 Å². The Morgan fingerprint density at radius 3 is 2.84 bits per heavy atom. The SMILES string of the molecule is c1ccc(C2CCNc3nc4c(n32)CCCC4)cc1. The van der Waals surface area contributed by atoms with Gasteiger partial charge in [0, 0.05) is 12.2 Å². The average Bonchev–Trinajstić information content (AvgIpc) is 2.86. The summed E-state index contributed by atoms with van der Waals surface area (Å²) in [5.41, 5.74) is 4.22. The molecule has 0 fully saturated rings. The third kappa shape index (κ3) is 1.76. The fourth-order valence-corrected chi connectivity index (χ4v) is 3.46. The zero-order valence-corrected chi connectivity index (χ0v) is 11.1. The van der Waals surface area contributed by atoms with E-state index in [-0.39, 0.29) is 0 Å². The van der Waals surface area contributed by atoms with Gasteiger partial charge in [0.05, 0.1) is 11.7 Å². The van der Waals surface area contributed by atoms with Crippen LogP contribution in [0.4, 0.5) is 5.95 Å². The van der Waals surface area contributed by atoms with Crippen LogP contribution in [0, 0.1) is 0 Å². The molecule has 0 amide bonds. The van der Waals surface area contributed by atoms with Crippen molar-refractivity contribution in [2.24, 2.45) is 0 Å². The topological polar surface area (TPSA) is 29.9 Å². The summed E-state index contributed by atoms with van der Waals surface area (Å²) in [7, 11) is 0. The lowest BCUT2D eigenvalue weighted by atomic mass is 9.98. The van der Waals surface area contributed by atoms with Crippen molar-refractivity contribution >= 4 is 5.95 Å². The van der Waals surface area contributed by atoms with E-state index in [4.69, 9.17) is 4.98 Å². The van der Waals surface area contributed by atoms with E-state index in [9.17, 15) is 0 Å². The molecule has 2 aromatic rings. The Kier molecular flexibility index (Phi) is 2.57. The predicted octanol–water partition coefficient (Wildman–Crippen LogP) is 3.17. The molecule has 1 atom stereocenters. The molecule has 2 aliphatic rings. The number of nitrogens with one attached hydrogen (secondary N) is 1. The number of hydrogen-bond donors (Lipinski definition) is 1. The van der Waals surface area contributed by atoms with Crippen LogP contribution in [0.5, 0.6) is 0 Å². The highest BCUT2D eigenvalue weighted by Crippen LogP contribution is 2.35. The van der Waals surface area contributed by atoms with Crippen LogP contribution in [0.2, 0.25) is 0 Å². The first-order valence-electron chi connectivity index (χ1n) is 7.32. The van der Waals surface area contributed by atoms with Crippen LogP contribution in [0.3, 0.4) is 0 Å². The first-order chi connectivity index (χ1) is 9.43. The number of imidazole rings is 1. The number of fused-ring (bicyclic) bond motifs is 3. The number of aromatic nitrogens is 2. The monoisotopic (exact) mass is 253 g/mol. The van der Waals surface area contributed by atoms with Crippen molar-refractivity contribution in [2.45, 2.75) is 38.1 Å². The summed E-state index contributed by atoms with van der Waals surface area (Å²) in [6, 6.07) is 11.3. The number of hydrogen-bond acceptors (Lipinski definition) is 2. The van der Waals surface area contributed by atoms with Gasteiger partial charge >= 0.3 is 0 Å². The molecular weight excluding hydrogens is 234 g/mol. The summed E-state index contributed by atoms with van der Waals surface area (Å²) in [5, 5.41) is 3.47. The summed E-state index contributed by atoms with van der Waals surface area (Å²) in [6.07, 6.45) is 6.09. The lowest BCUT2D eigenvalue weighted by molar-refractivity contribution is 0.501. The highest BCUT2D eigenvalue weighted by molar-refractivity contribution is 5.40. The zero-order valence-electron chi connectivity index (χ0n) is 11.1. The van der Waals surface area contributed by atoms with Gasteiger partial charge < -0.3 is 9.88 Å². The van der Waals surface area contributed by atoms with Gasteiger partial charge in [-0.25, -0.2) is 4.98 Å². The van der Waals surface area contributed by atoms with Crippen LogP contribution in [-0.2, 0) is 12.8 Å². The lowest BCUT2D eigenvalue weighted by Crippen LogP contribution is -2.25. The molecule has 98 valence electrons. The van der Waals surface area contributed by atoms with Crippen LogP contribution >= 0.6 is 0 Å². The van der Waals surface area contributed by atoms with E-state index in [2.05, 4.69) is 40.2 Å². The van der Waals surface area contributed by atoms with Gasteiger partial charge in [0.1, 0.15) is 0 Å². The number of aryl methyl sites for hydroxylation is 1. The quantitative estimate of drug-likeness (QED) is 0.846. The molecular formula is C16H19N3. The number of anilines is 1. The van der Waals surface area contributed by atoms with Gasteiger partial charge in [0.25, 0.3) is 0 Å². The maximum absolute atomic E-state index is 4.82. The van der Waals surface area contributed by atoms with Crippen molar-refractivity contribution in [3.63, 3.8) is 0 Å². The van der Waals surface area contributed by atoms with E-state index >= 15 is 0 Å². The van der Waals surface area contributed by atoms with Crippen molar-refractivity contribution in [3.8, 4) is 0 Å². The first kappa shape index (κ1) is 11.1. The van der Waals surface area contributed by atoms with Crippen molar-refractivity contribution in [1.29, 1.82) is 0 Å². The second-order valence-corrected chi connectivity index (χ2v) is 5.55. The van der Waals surface area contributed by atoms with Gasteiger partial charge in [-0.05, 0) is 37.7 Å². The van der Waals surface area contributed by atoms with Crippen LogP contribution < -0.4 is 5.32 Å². The molecule has 4 rings (SSSR count). The molecule has 1 aliphatic heterocycles. The van der Waals surface area contributed by atoms with E-state index < -0.39 is 0 Å². The molecule has 1 unspecified atom stereocenters. The molecule has 0 saturated heterocycles. The van der Waals surface area contributed by atoms with E-state index in [1.807, 2.05) is 0 Å². The van der Waals surface area contributed by atoms with Crippen molar-refractivity contribution in [1.82, 2.24) is 9.55 Å². The number of rotatable bonds is 1. The fourth-order valence-electron chi connectivity index (χ4n) is 3.46. The van der Waals surface area contributed by atoms with Crippen molar-refractivity contribution < 1.29 is 0 Å². The summed E-state index contributed by atoms with van der Waals surface area (Å²) in [4.78, 5) is 4.82. The minimum Gasteiger partial charge on any atom is -0.356 e. The standard InChI is InChI=1S/C16H19N3/c1-2-6-12(7-3-1)14-10-11-17-16-18-13-8-4-5-9-15(13)19(14)16/h1-3,6-7,14H,4-5,8-11H2,(H,17,18). The highest BCUT2D eigenvalue weighted by Gasteiger charge is 2.28. The van der Waals surface area contributed by atoms with Crippen LogP contribution in [0.1, 0.15) is 42.3 Å². The van der Waals surface area contributed by atoms with E-state index in [1.54, 1.807) is 0 Å². The largest absolute Gasteiger partial charge is 0.356 e. The molecule has 1 aliphatic carbocycles. The van der Waals surface area contributed by atoms with Crippen LogP contribution in [0.15, 0.2) is 30.3 Å². The van der Waals surface area contributed by atoms with Gasteiger partial charge in [-0.3, -0.25) is 0 Å². The third-order valence-electron chi connectivity index (χ3n) is 4.37. The number of nitrogens with zero attached hydrogens (tertiary/aromatic N) is 2. The molecule has 0 spiro atoms. The molecule has 0 bridgehead atoms. The lowest BCUT2D eigenvalue weighted by Gasteiger charge is -2.29. The normalized spacial score (nSPS) is 21.4. The molecule has 0 radical (unpaired) electrons. The van der Waals surface area contributed by atoms with Crippen LogP contribution in [0.25, 0.3) is 0 Å². The Morgan fingerprint density at radius 1 is 1.11 bits per heavy atom. The predicted molar refractivity (Wildman–Crippen MR) is 76.6 cm³/mol. The molecule has 19 heavy (non-hydrogen) atoms. The Labute approximate surface area is 113 Å². The van der Waals surface area contributed by atoms with Gasteiger partial charge in [-0.1, -0.05) is 30.3 Å². The fraction of sp³-hybridized carbons (Fsp3) is 0.438. The van der Waals surface area contributed by atoms with Gasteiger partial charge in [0.15, 0.2) is 0 Å². The smallest absolute Gasteiger partial charge is 0.203 e. The summed E-state index contributed by atoms with van der Waals surface area (Å²) in [5.74, 6) is 1.09. The molecule has 1 N–H and O–H groups in total. The van der Waals surface area contributed by atoms with E-state index in [0.717, 1.165) is 25.3 Å². The molecule has 2 heterocycles. The second-order valence-electron chi connectivity index (χ2n) is 5.55. The minimum atomic E-state index is 0.465. The van der Waals surface area contributed by atoms with Crippen molar-refractivity contribution in [3.05, 3.63) is 47.3 Å². The Balaban J connectivity index is 1.84. The maximum Gasteiger partial charge on any atom is 0.203 e. The minimum absolute atomic E-state index is 0.465. The van der Waals surface area contributed by atoms with Crippen molar-refractivity contribution in [2.75, 3.05) is 11.9 Å². The Hall–Kier alpha value is -1.77. The zero-order chi connectivity index (χ0) is 12.7.